The molecule has 0 bridgehead atoms. The third kappa shape index (κ3) is 10.9. The van der Waals surface area contributed by atoms with E-state index in [-0.39, 0.29) is 47.8 Å². The number of H-pyrrole nitrogens is 1. The second-order valence-electron chi connectivity index (χ2n) is 15.6. The van der Waals surface area contributed by atoms with E-state index in [4.69, 9.17) is 27.3 Å². The third-order valence-electron chi connectivity index (χ3n) is 10.1. The van der Waals surface area contributed by atoms with Crippen LogP contribution in [-0.2, 0) is 41.2 Å². The van der Waals surface area contributed by atoms with Gasteiger partial charge in [-0.15, -0.1) is 9.42 Å². The molecular formula is C33H50N9O12P2Si+. The number of aliphatic hydroxyl groups excluding tert-OH is 1. The SMILES string of the molecule is CC(C)C(=O)Nc1nc2c(ncn2[C@@H]2O[C@H](COP(=O)(OCCC#N)O[C@H]3C[C@H](Nc4ccncn4)C[C@@H]3CO)[C@@H](O[Si](C)(C)C(C)(C)C)[C@H]2O[P+](=O)O)c(=O)[nH]1. The molecule has 0 spiro atoms. The highest BCUT2D eigenvalue weighted by atomic mass is 31.2. The van der Waals surface area contributed by atoms with Gasteiger partial charge >= 0.3 is 16.1 Å². The number of phosphoric ester groups is 1. The summed E-state index contributed by atoms with van der Waals surface area (Å²) in [6.45, 7) is 12.1. The van der Waals surface area contributed by atoms with Crippen molar-refractivity contribution in [2.24, 2.45) is 11.8 Å². The van der Waals surface area contributed by atoms with Gasteiger partial charge in [0, 0.05) is 35.2 Å². The Labute approximate surface area is 330 Å². The number of imidazole rings is 1. The highest BCUT2D eigenvalue weighted by Gasteiger charge is 2.56. The Morgan fingerprint density at radius 2 is 2.00 bits per heavy atom. The number of carbonyl (C=O) groups is 1. The number of amides is 1. The molecule has 1 aliphatic carbocycles. The number of aromatic amines is 1. The monoisotopic (exact) mass is 854 g/mol. The fourth-order valence-electron chi connectivity index (χ4n) is 6.12. The lowest BCUT2D eigenvalue weighted by Crippen LogP contribution is -2.50. The highest BCUT2D eigenvalue weighted by Crippen LogP contribution is 2.54. The number of hydrogen-bond acceptors (Lipinski definition) is 17. The Balaban J connectivity index is 1.48. The summed E-state index contributed by atoms with van der Waals surface area (Å²) in [6.07, 6.45) is -1.00. The fourth-order valence-corrected chi connectivity index (χ4v) is 9.30. The van der Waals surface area contributed by atoms with Crippen molar-refractivity contribution < 1.29 is 51.2 Å². The van der Waals surface area contributed by atoms with E-state index < -0.39 is 84.9 Å². The normalized spacial score (nSPS) is 25.4. The lowest BCUT2D eigenvalue weighted by Gasteiger charge is -2.39. The predicted octanol–water partition coefficient (Wildman–Crippen LogP) is 4.15. The van der Waals surface area contributed by atoms with Crippen molar-refractivity contribution in [3.05, 3.63) is 35.3 Å². The smallest absolute Gasteiger partial charge is 0.408 e. The van der Waals surface area contributed by atoms with E-state index in [0.717, 1.165) is 0 Å². The standard InChI is InChI=1S/C33H49N9O12P2Si/c1-19(2)29(44)40-32-39-28-25(30(45)41-32)37-18-42(28)31-27(52-55(46)47)26(54-57(6,7)33(3,4)5)23(51-31)16-50-56(48,49-12-8-10-34)53-22-14-21(13-20(22)15-43)38-24-9-11-35-17-36-24/h9,11,17-23,26-27,31,43H,8,12-16H2,1-7H3,(H3-,35,36,38,39,40,41,44,45,46,47)/p+1/t20-,21-,22+,23-,26-,27-,31-,56?/m1/s1. The topological polar surface area (TPSA) is 284 Å². The molecule has 3 aromatic heterocycles. The van der Waals surface area contributed by atoms with Crippen LogP contribution in [0, 0.1) is 23.2 Å². The van der Waals surface area contributed by atoms with Gasteiger partial charge in [0.15, 0.2) is 31.8 Å². The van der Waals surface area contributed by atoms with E-state index in [0.29, 0.717) is 18.7 Å². The molecule has 312 valence electrons. The van der Waals surface area contributed by atoms with Gasteiger partial charge in [-0.05, 0) is 37.0 Å². The fraction of sp³-hybridized carbons (Fsp3) is 0.667. The number of nitrogens with one attached hydrogen (secondary N) is 3. The summed E-state index contributed by atoms with van der Waals surface area (Å²) in [5, 5.41) is 24.9. The summed E-state index contributed by atoms with van der Waals surface area (Å²) in [5.41, 5.74) is -0.848. The molecule has 24 heteroatoms. The summed E-state index contributed by atoms with van der Waals surface area (Å²) in [5.74, 6) is -0.928. The zero-order chi connectivity index (χ0) is 41.7. The average molecular weight is 855 g/mol. The van der Waals surface area contributed by atoms with Gasteiger partial charge in [-0.2, -0.15) is 10.2 Å². The van der Waals surface area contributed by atoms with Crippen LogP contribution in [0.4, 0.5) is 11.8 Å². The molecule has 2 unspecified atom stereocenters. The highest BCUT2D eigenvalue weighted by molar-refractivity contribution is 7.48. The first-order valence-corrected chi connectivity index (χ1v) is 23.9. The first-order chi connectivity index (χ1) is 26.8. The number of aliphatic hydroxyl groups is 1. The Bertz CT molecular complexity index is 2030. The molecule has 4 heterocycles. The van der Waals surface area contributed by atoms with Crippen molar-refractivity contribution in [2.45, 2.75) is 109 Å². The molecule has 2 aliphatic rings. The van der Waals surface area contributed by atoms with Crippen LogP contribution in [0.15, 0.2) is 29.7 Å². The number of fused-ring (bicyclic) bond motifs is 1. The number of nitriles is 1. The molecule has 5 rings (SSSR count). The Kier molecular flexibility index (Phi) is 14.5. The number of phosphoric acid groups is 1. The van der Waals surface area contributed by atoms with Crippen molar-refractivity contribution in [2.75, 3.05) is 30.5 Å². The van der Waals surface area contributed by atoms with Crippen LogP contribution in [0.25, 0.3) is 11.2 Å². The van der Waals surface area contributed by atoms with Gasteiger partial charge in [0.05, 0.1) is 38.1 Å². The number of nitrogens with zero attached hydrogens (tertiary/aromatic N) is 6. The van der Waals surface area contributed by atoms with E-state index in [2.05, 4.69) is 35.6 Å². The molecule has 57 heavy (non-hydrogen) atoms. The van der Waals surface area contributed by atoms with Crippen molar-refractivity contribution in [1.82, 2.24) is 29.5 Å². The molecular weight excluding hydrogens is 804 g/mol. The van der Waals surface area contributed by atoms with Crippen LogP contribution < -0.4 is 16.2 Å². The molecule has 1 saturated carbocycles. The lowest BCUT2D eigenvalue weighted by atomic mass is 10.1. The largest absolute Gasteiger partial charge is 0.695 e. The van der Waals surface area contributed by atoms with Gasteiger partial charge in [0.2, 0.25) is 11.9 Å². The van der Waals surface area contributed by atoms with Crippen LogP contribution in [-0.4, -0.2) is 104 Å². The van der Waals surface area contributed by atoms with Crippen molar-refractivity contribution in [1.29, 1.82) is 5.26 Å². The predicted molar refractivity (Wildman–Crippen MR) is 206 cm³/mol. The number of carbonyl (C=O) groups excluding carboxylic acids is 1. The molecule has 1 amide bonds. The number of hydrogen-bond donors (Lipinski definition) is 5. The molecule has 9 atom stereocenters. The maximum absolute atomic E-state index is 14.4. The third-order valence-corrected chi connectivity index (χ3v) is 16.5. The molecule has 0 radical (unpaired) electrons. The quantitative estimate of drug-likeness (QED) is 0.0682. The number of anilines is 2. The second kappa shape index (κ2) is 18.6. The minimum Gasteiger partial charge on any atom is -0.408 e. The maximum atomic E-state index is 14.4. The number of ether oxygens (including phenoxy) is 1. The van der Waals surface area contributed by atoms with Crippen LogP contribution >= 0.6 is 16.1 Å². The van der Waals surface area contributed by atoms with Gasteiger partial charge < -0.3 is 19.6 Å². The maximum Gasteiger partial charge on any atom is 0.695 e. The molecule has 21 nitrogen and oxygen atoms in total. The molecule has 2 fully saturated rings. The molecule has 1 saturated heterocycles. The van der Waals surface area contributed by atoms with Crippen LogP contribution in [0.1, 0.15) is 60.1 Å². The number of aromatic nitrogens is 6. The zero-order valence-electron chi connectivity index (χ0n) is 32.7. The first kappa shape index (κ1) is 44.5. The minimum atomic E-state index is -4.53. The summed E-state index contributed by atoms with van der Waals surface area (Å²) in [6, 6.07) is 3.39. The molecule has 0 aromatic carbocycles. The van der Waals surface area contributed by atoms with Crippen LogP contribution in [0.3, 0.4) is 0 Å². The summed E-state index contributed by atoms with van der Waals surface area (Å²) >= 11 is 0. The van der Waals surface area contributed by atoms with E-state index in [1.165, 1.54) is 17.2 Å². The zero-order valence-corrected chi connectivity index (χ0v) is 35.5. The average Bonchev–Trinajstić information content (AvgIpc) is 3.82. The Hall–Kier alpha value is -3.58. The van der Waals surface area contributed by atoms with Crippen LogP contribution in [0.2, 0.25) is 18.1 Å². The molecule has 1 aliphatic heterocycles. The van der Waals surface area contributed by atoms with Gasteiger partial charge in [0.1, 0.15) is 24.4 Å². The van der Waals surface area contributed by atoms with Crippen molar-refractivity contribution in [3.8, 4) is 6.07 Å². The number of rotatable bonds is 18. The molecule has 5 N–H and O–H groups in total. The van der Waals surface area contributed by atoms with Gasteiger partial charge in [-0.25, -0.2) is 19.5 Å². The lowest BCUT2D eigenvalue weighted by molar-refractivity contribution is -0.118. The van der Waals surface area contributed by atoms with Crippen molar-refractivity contribution >= 4 is 53.2 Å². The van der Waals surface area contributed by atoms with Gasteiger partial charge in [-0.3, -0.25) is 38.0 Å². The van der Waals surface area contributed by atoms with E-state index >= 15 is 0 Å². The Morgan fingerprint density at radius 3 is 2.63 bits per heavy atom. The summed E-state index contributed by atoms with van der Waals surface area (Å²) < 4.78 is 64.6. The second-order valence-corrected chi connectivity index (χ2v) is 22.6. The minimum absolute atomic E-state index is 0.0486. The summed E-state index contributed by atoms with van der Waals surface area (Å²) in [4.78, 5) is 54.8. The van der Waals surface area contributed by atoms with E-state index in [9.17, 15) is 34.0 Å². The van der Waals surface area contributed by atoms with Gasteiger partial charge in [0.25, 0.3) is 5.56 Å². The van der Waals surface area contributed by atoms with E-state index in [1.807, 2.05) is 39.9 Å². The summed E-state index contributed by atoms with van der Waals surface area (Å²) in [7, 11) is -10.5. The van der Waals surface area contributed by atoms with Gasteiger partial charge in [-0.1, -0.05) is 34.6 Å². The first-order valence-electron chi connectivity index (χ1n) is 18.4. The van der Waals surface area contributed by atoms with Crippen LogP contribution in [0.5, 0.6) is 0 Å². The van der Waals surface area contributed by atoms with Crippen molar-refractivity contribution in [3.63, 3.8) is 0 Å². The Morgan fingerprint density at radius 1 is 1.25 bits per heavy atom. The van der Waals surface area contributed by atoms with E-state index in [1.54, 1.807) is 26.1 Å². The molecule has 3 aromatic rings.